The Morgan fingerprint density at radius 2 is 1.46 bits per heavy atom. The quantitative estimate of drug-likeness (QED) is 0.362. The molecule has 0 saturated heterocycles. The van der Waals surface area contributed by atoms with Crippen LogP contribution >= 0.6 is 0 Å². The van der Waals surface area contributed by atoms with E-state index in [1.54, 1.807) is 0 Å². The highest BCUT2D eigenvalue weighted by molar-refractivity contribution is 7.86. The van der Waals surface area contributed by atoms with E-state index in [-0.39, 0.29) is 27.1 Å². The lowest BCUT2D eigenvalue weighted by Gasteiger charge is -2.08. The topological polar surface area (TPSA) is 86.3 Å². The summed E-state index contributed by atoms with van der Waals surface area (Å²) < 4.78 is 61.8. The van der Waals surface area contributed by atoms with E-state index >= 15 is 0 Å². The number of amides is 1. The summed E-state index contributed by atoms with van der Waals surface area (Å²) in [6.45, 7) is 8.06. The molecule has 0 aromatic heterocycles. The Labute approximate surface area is 172 Å². The molecule has 10 heteroatoms. The molecular formula is C18H19F3INO4S. The fourth-order valence-electron chi connectivity index (χ4n) is 2.22. The average Bonchev–Trinajstić information content (AvgIpc) is 2.50. The van der Waals surface area contributed by atoms with Crippen molar-refractivity contribution in [3.63, 3.8) is 0 Å². The molecule has 1 amide bonds. The van der Waals surface area contributed by atoms with E-state index in [0.29, 0.717) is 0 Å². The van der Waals surface area contributed by atoms with Crippen molar-refractivity contribution in [2.24, 2.45) is 0 Å². The average molecular weight is 529 g/mol. The molecule has 0 bridgehead atoms. The fourth-order valence-corrected chi connectivity index (χ4v) is 4.72. The summed E-state index contributed by atoms with van der Waals surface area (Å²) >= 11 is -0.174. The van der Waals surface area contributed by atoms with Crippen molar-refractivity contribution < 1.29 is 52.1 Å². The Morgan fingerprint density at radius 3 is 1.82 bits per heavy atom. The van der Waals surface area contributed by atoms with Gasteiger partial charge in [0.15, 0.2) is 17.3 Å². The first-order valence-corrected chi connectivity index (χ1v) is 11.4. The number of hydrogen-bond donors (Lipinski definition) is 1. The summed E-state index contributed by atoms with van der Waals surface area (Å²) in [5, 5.41) is 2.80. The maximum Gasteiger partial charge on any atom is 0.485 e. The van der Waals surface area contributed by atoms with E-state index in [4.69, 9.17) is 13.0 Å². The van der Waals surface area contributed by atoms with Gasteiger partial charge in [0.1, 0.15) is 0 Å². The first-order chi connectivity index (χ1) is 12.7. The van der Waals surface area contributed by atoms with Crippen LogP contribution in [0.25, 0.3) is 0 Å². The van der Waals surface area contributed by atoms with E-state index in [9.17, 15) is 18.0 Å². The van der Waals surface area contributed by atoms with Gasteiger partial charge in [0, 0.05) is 23.7 Å². The summed E-state index contributed by atoms with van der Waals surface area (Å²) in [4.78, 5) is 11.0. The molecule has 5 nitrogen and oxygen atoms in total. The van der Waals surface area contributed by atoms with Crippen molar-refractivity contribution in [1.29, 1.82) is 0 Å². The van der Waals surface area contributed by atoms with Gasteiger partial charge in [-0.1, -0.05) is 17.7 Å². The van der Waals surface area contributed by atoms with Crippen LogP contribution in [0, 0.1) is 27.9 Å². The van der Waals surface area contributed by atoms with E-state index in [2.05, 4.69) is 50.4 Å². The molecule has 154 valence electrons. The monoisotopic (exact) mass is 529 g/mol. The fraction of sp³-hybridized carbons (Fsp3) is 0.278. The number of carbonyl (C=O) groups is 1. The van der Waals surface area contributed by atoms with Gasteiger partial charge in [-0.05, 0) is 45.0 Å². The normalized spacial score (nSPS) is 11.4. The number of rotatable bonds is 3. The van der Waals surface area contributed by atoms with Crippen LogP contribution in [0.1, 0.15) is 23.6 Å². The highest BCUT2D eigenvalue weighted by atomic mass is 127. The number of halogens is 4. The van der Waals surface area contributed by atoms with Gasteiger partial charge < -0.3 is 9.87 Å². The molecule has 0 saturated carbocycles. The van der Waals surface area contributed by atoms with Crippen LogP contribution in [0.4, 0.5) is 18.9 Å². The minimum atomic E-state index is -6.09. The maximum atomic E-state index is 11.0. The van der Waals surface area contributed by atoms with Gasteiger partial charge in [-0.3, -0.25) is 4.79 Å². The number of anilines is 1. The van der Waals surface area contributed by atoms with Crippen molar-refractivity contribution in [3.05, 3.63) is 60.2 Å². The van der Waals surface area contributed by atoms with Crippen LogP contribution < -0.4 is 26.5 Å². The molecule has 0 spiro atoms. The van der Waals surface area contributed by atoms with E-state index in [0.717, 1.165) is 5.69 Å². The molecule has 2 rings (SSSR count). The summed E-state index contributed by atoms with van der Waals surface area (Å²) in [6, 6.07) is 12.7. The van der Waals surface area contributed by atoms with Gasteiger partial charge in [-0.2, -0.15) is 13.2 Å². The van der Waals surface area contributed by atoms with Crippen LogP contribution in [0.2, 0.25) is 0 Å². The van der Waals surface area contributed by atoms with Crippen molar-refractivity contribution >= 4 is 21.7 Å². The molecule has 0 aliphatic carbocycles. The second-order valence-corrected chi connectivity index (χ2v) is 10.1. The molecule has 0 fully saturated rings. The molecular weight excluding hydrogens is 510 g/mol. The first kappa shape index (κ1) is 24.4. The van der Waals surface area contributed by atoms with Gasteiger partial charge in [-0.25, -0.2) is 8.42 Å². The predicted molar refractivity (Wildman–Crippen MR) is 94.5 cm³/mol. The largest absolute Gasteiger partial charge is 0.741 e. The summed E-state index contributed by atoms with van der Waals surface area (Å²) in [5.74, 6) is -0.0299. The minimum Gasteiger partial charge on any atom is -0.741 e. The Kier molecular flexibility index (Phi) is 8.45. The highest BCUT2D eigenvalue weighted by Crippen LogP contribution is 2.20. The van der Waals surface area contributed by atoms with Crippen LogP contribution in [0.3, 0.4) is 0 Å². The molecule has 0 unspecified atom stereocenters. The van der Waals surface area contributed by atoms with Crippen LogP contribution in [0.5, 0.6) is 0 Å². The standard InChI is InChI=1S/C17H18INO.CHF3O3S/c1-11-9-12(2)17(13(3)10-11)18-15-5-7-16(8-6-15)19-14(4)20;2-1(3,4)8(5,6)7/h5-10H,1-4H3;(H,5,6,7). The van der Waals surface area contributed by atoms with Crippen LogP contribution in [-0.2, 0) is 14.9 Å². The van der Waals surface area contributed by atoms with Gasteiger partial charge in [0.25, 0.3) is 0 Å². The third-order valence-electron chi connectivity index (χ3n) is 3.23. The van der Waals surface area contributed by atoms with Gasteiger partial charge in [0.05, 0.1) is 0 Å². The molecule has 0 heterocycles. The summed E-state index contributed by atoms with van der Waals surface area (Å²) in [7, 11) is -6.09. The highest BCUT2D eigenvalue weighted by Gasteiger charge is 2.36. The molecule has 28 heavy (non-hydrogen) atoms. The molecule has 2 aromatic carbocycles. The van der Waals surface area contributed by atoms with E-state index < -0.39 is 15.6 Å². The maximum absolute atomic E-state index is 11.0. The van der Waals surface area contributed by atoms with Gasteiger partial charge in [-0.15, -0.1) is 0 Å². The van der Waals surface area contributed by atoms with E-state index in [1.807, 2.05) is 12.1 Å². The second kappa shape index (κ2) is 9.70. The smallest absolute Gasteiger partial charge is 0.485 e. The number of benzene rings is 2. The SMILES string of the molecule is CC(=O)Nc1ccc([I+]c2c(C)cc(C)cc2C)cc1.O=S(=O)([O-])C(F)(F)F. The lowest BCUT2D eigenvalue weighted by Crippen LogP contribution is -3.62. The summed E-state index contributed by atoms with van der Waals surface area (Å²) in [6.07, 6.45) is 0. The van der Waals surface area contributed by atoms with Crippen molar-refractivity contribution in [3.8, 4) is 0 Å². The lowest BCUT2D eigenvalue weighted by molar-refractivity contribution is -0.598. The predicted octanol–water partition coefficient (Wildman–Crippen LogP) is 0.750. The molecule has 0 radical (unpaired) electrons. The van der Waals surface area contributed by atoms with Gasteiger partial charge in [0.2, 0.25) is 5.91 Å². The zero-order valence-corrected chi connectivity index (χ0v) is 18.5. The lowest BCUT2D eigenvalue weighted by atomic mass is 10.1. The molecule has 1 N–H and O–H groups in total. The van der Waals surface area contributed by atoms with Gasteiger partial charge >= 0.3 is 26.7 Å². The Bertz CT molecular complexity index is 919. The third kappa shape index (κ3) is 7.76. The summed E-state index contributed by atoms with van der Waals surface area (Å²) in [5.41, 5.74) is -0.675. The van der Waals surface area contributed by atoms with Crippen molar-refractivity contribution in [2.45, 2.75) is 33.2 Å². The number of alkyl halides is 3. The number of aryl methyl sites for hydroxylation is 3. The zero-order chi connectivity index (χ0) is 21.7. The Morgan fingerprint density at radius 1 is 1.04 bits per heavy atom. The van der Waals surface area contributed by atoms with Crippen LogP contribution in [0.15, 0.2) is 36.4 Å². The molecule has 0 aliphatic rings. The number of carbonyl (C=O) groups excluding carboxylic acids is 1. The third-order valence-corrected chi connectivity index (χ3v) is 7.38. The van der Waals surface area contributed by atoms with Crippen molar-refractivity contribution in [2.75, 3.05) is 5.32 Å². The van der Waals surface area contributed by atoms with Crippen molar-refractivity contribution in [1.82, 2.24) is 0 Å². The minimum absolute atomic E-state index is 0.0299. The Balaban J connectivity index is 0.000000416. The molecule has 0 aliphatic heterocycles. The van der Waals surface area contributed by atoms with Crippen LogP contribution in [-0.4, -0.2) is 24.4 Å². The molecule has 0 atom stereocenters. The number of nitrogens with one attached hydrogen (secondary N) is 1. The Hall–Kier alpha value is -1.66. The molecule has 2 aromatic rings. The second-order valence-electron chi connectivity index (χ2n) is 5.90. The van der Waals surface area contributed by atoms with E-state index in [1.165, 1.54) is 30.8 Å². The first-order valence-electron chi connectivity index (χ1n) is 7.83. The number of hydrogen-bond acceptors (Lipinski definition) is 4. The zero-order valence-electron chi connectivity index (χ0n) is 15.5.